The summed E-state index contributed by atoms with van der Waals surface area (Å²) in [6, 6.07) is 12.9. The molecule has 1 aromatic heterocycles. The number of quaternary nitrogens is 1. The highest BCUT2D eigenvalue weighted by Gasteiger charge is 2.23. The number of aromatic nitrogens is 1. The number of hydrogen-bond donors (Lipinski definition) is 1. The van der Waals surface area contributed by atoms with Crippen molar-refractivity contribution >= 4 is 5.69 Å². The Kier molecular flexibility index (Phi) is 4.90. The molecule has 2 aromatic carbocycles. The van der Waals surface area contributed by atoms with E-state index in [-0.39, 0.29) is 11.6 Å². The van der Waals surface area contributed by atoms with Crippen LogP contribution in [0.1, 0.15) is 11.3 Å². The molecule has 0 spiro atoms. The fourth-order valence-electron chi connectivity index (χ4n) is 3.55. The SMILES string of the molecule is Cc1c(C[NH+]2CCN(c3ccc(F)cc3)CC2)noc1-c1ccc(F)cc1. The average molecular weight is 370 g/mol. The van der Waals surface area contributed by atoms with Crippen LogP contribution >= 0.6 is 0 Å². The molecule has 140 valence electrons. The highest BCUT2D eigenvalue weighted by atomic mass is 19.1. The zero-order valence-corrected chi connectivity index (χ0v) is 15.2. The molecule has 2 heterocycles. The molecule has 4 nitrogen and oxygen atoms in total. The summed E-state index contributed by atoms with van der Waals surface area (Å²) in [6.45, 7) is 6.60. The first kappa shape index (κ1) is 17.7. The Bertz CT molecular complexity index is 898. The molecular formula is C21H22F2N3O+. The van der Waals surface area contributed by atoms with Crippen LogP contribution in [0.25, 0.3) is 11.3 Å². The van der Waals surface area contributed by atoms with Crippen molar-refractivity contribution in [2.75, 3.05) is 31.1 Å². The number of nitrogens with one attached hydrogen (secondary N) is 1. The fourth-order valence-corrected chi connectivity index (χ4v) is 3.55. The van der Waals surface area contributed by atoms with Crippen LogP contribution in [0.15, 0.2) is 53.1 Å². The van der Waals surface area contributed by atoms with Gasteiger partial charge in [-0.2, -0.15) is 0 Å². The molecule has 4 rings (SSSR count). The molecule has 6 heteroatoms. The molecule has 0 radical (unpaired) electrons. The minimum Gasteiger partial charge on any atom is -0.360 e. The van der Waals surface area contributed by atoms with Crippen LogP contribution in [0.3, 0.4) is 0 Å². The zero-order valence-electron chi connectivity index (χ0n) is 15.2. The van der Waals surface area contributed by atoms with Gasteiger partial charge in [-0.25, -0.2) is 8.78 Å². The summed E-state index contributed by atoms with van der Waals surface area (Å²) in [7, 11) is 0. The van der Waals surface area contributed by atoms with Gasteiger partial charge in [-0.3, -0.25) is 0 Å². The second-order valence-electron chi connectivity index (χ2n) is 6.98. The van der Waals surface area contributed by atoms with E-state index in [0.717, 1.165) is 55.2 Å². The van der Waals surface area contributed by atoms with Gasteiger partial charge in [0, 0.05) is 16.8 Å². The smallest absolute Gasteiger partial charge is 0.170 e. The molecule has 1 aliphatic rings. The number of rotatable bonds is 4. The Morgan fingerprint density at radius 2 is 1.56 bits per heavy atom. The molecule has 0 atom stereocenters. The summed E-state index contributed by atoms with van der Waals surface area (Å²) in [6.07, 6.45) is 0. The van der Waals surface area contributed by atoms with E-state index in [2.05, 4.69) is 10.1 Å². The molecule has 0 aliphatic carbocycles. The average Bonchev–Trinajstić information content (AvgIpc) is 3.04. The number of anilines is 1. The second-order valence-corrected chi connectivity index (χ2v) is 6.98. The second kappa shape index (κ2) is 7.48. The van der Waals surface area contributed by atoms with Crippen LogP contribution < -0.4 is 9.80 Å². The van der Waals surface area contributed by atoms with Crippen molar-refractivity contribution in [3.05, 3.63) is 71.4 Å². The van der Waals surface area contributed by atoms with Gasteiger partial charge in [0.15, 0.2) is 5.76 Å². The van der Waals surface area contributed by atoms with Gasteiger partial charge in [-0.1, -0.05) is 5.16 Å². The molecule has 0 unspecified atom stereocenters. The monoisotopic (exact) mass is 370 g/mol. The summed E-state index contributed by atoms with van der Waals surface area (Å²) < 4.78 is 31.7. The maximum Gasteiger partial charge on any atom is 0.170 e. The van der Waals surface area contributed by atoms with E-state index >= 15 is 0 Å². The van der Waals surface area contributed by atoms with E-state index in [9.17, 15) is 8.78 Å². The van der Waals surface area contributed by atoms with Crippen LogP contribution in [-0.4, -0.2) is 31.3 Å². The molecule has 27 heavy (non-hydrogen) atoms. The summed E-state index contributed by atoms with van der Waals surface area (Å²) in [5.74, 6) is 0.232. The van der Waals surface area contributed by atoms with Crippen LogP contribution in [0.5, 0.6) is 0 Å². The van der Waals surface area contributed by atoms with Gasteiger partial charge in [0.1, 0.15) is 23.9 Å². The summed E-state index contributed by atoms with van der Waals surface area (Å²) >= 11 is 0. The molecule has 1 N–H and O–H groups in total. The third kappa shape index (κ3) is 3.85. The third-order valence-electron chi connectivity index (χ3n) is 5.21. The van der Waals surface area contributed by atoms with Crippen molar-refractivity contribution in [1.29, 1.82) is 0 Å². The van der Waals surface area contributed by atoms with E-state index < -0.39 is 0 Å². The van der Waals surface area contributed by atoms with Gasteiger partial charge < -0.3 is 14.3 Å². The van der Waals surface area contributed by atoms with Gasteiger partial charge in [0.05, 0.1) is 26.2 Å². The van der Waals surface area contributed by atoms with E-state index in [0.29, 0.717) is 5.76 Å². The van der Waals surface area contributed by atoms with Crippen molar-refractivity contribution in [3.8, 4) is 11.3 Å². The molecule has 1 saturated heterocycles. The Morgan fingerprint density at radius 3 is 2.19 bits per heavy atom. The van der Waals surface area contributed by atoms with Crippen molar-refractivity contribution < 1.29 is 18.2 Å². The minimum atomic E-state index is -0.264. The Hall–Kier alpha value is -2.73. The van der Waals surface area contributed by atoms with Gasteiger partial charge in [0.25, 0.3) is 0 Å². The number of piperazine rings is 1. The van der Waals surface area contributed by atoms with E-state index in [1.165, 1.54) is 29.2 Å². The third-order valence-corrected chi connectivity index (χ3v) is 5.21. The zero-order chi connectivity index (χ0) is 18.8. The highest BCUT2D eigenvalue weighted by Crippen LogP contribution is 2.25. The lowest BCUT2D eigenvalue weighted by Crippen LogP contribution is -3.13. The Morgan fingerprint density at radius 1 is 0.963 bits per heavy atom. The van der Waals surface area contributed by atoms with Crippen LogP contribution in [-0.2, 0) is 6.54 Å². The van der Waals surface area contributed by atoms with Gasteiger partial charge >= 0.3 is 0 Å². The lowest BCUT2D eigenvalue weighted by molar-refractivity contribution is -0.914. The van der Waals surface area contributed by atoms with Gasteiger partial charge in [-0.15, -0.1) is 0 Å². The van der Waals surface area contributed by atoms with Crippen molar-refractivity contribution in [3.63, 3.8) is 0 Å². The van der Waals surface area contributed by atoms with Crippen LogP contribution in [0.2, 0.25) is 0 Å². The summed E-state index contributed by atoms with van der Waals surface area (Å²) in [5.41, 5.74) is 3.85. The number of halogens is 2. The Balaban J connectivity index is 1.39. The molecule has 3 aromatic rings. The normalized spacial score (nSPS) is 15.3. The summed E-state index contributed by atoms with van der Waals surface area (Å²) in [4.78, 5) is 3.72. The fraction of sp³-hybridized carbons (Fsp3) is 0.286. The Labute approximate surface area is 157 Å². The topological polar surface area (TPSA) is 33.7 Å². The lowest BCUT2D eigenvalue weighted by Gasteiger charge is -2.33. The number of nitrogens with zero attached hydrogens (tertiary/aromatic N) is 2. The first-order valence-corrected chi connectivity index (χ1v) is 9.15. The standard InChI is InChI=1S/C21H21F2N3O/c1-15-20(24-27-21(15)16-2-4-17(22)5-3-16)14-25-10-12-26(13-11-25)19-8-6-18(23)7-9-19/h2-9H,10-14H2,1H3/p+1. The van der Waals surface area contributed by atoms with E-state index in [1.807, 2.05) is 19.1 Å². The maximum absolute atomic E-state index is 13.1. The predicted molar refractivity (Wildman–Crippen MR) is 99.6 cm³/mol. The number of hydrogen-bond acceptors (Lipinski definition) is 3. The first-order chi connectivity index (χ1) is 13.1. The van der Waals surface area contributed by atoms with E-state index in [4.69, 9.17) is 4.52 Å². The lowest BCUT2D eigenvalue weighted by atomic mass is 10.1. The predicted octanol–water partition coefficient (Wildman–Crippen LogP) is 2.83. The molecule has 1 aliphatic heterocycles. The maximum atomic E-state index is 13.1. The first-order valence-electron chi connectivity index (χ1n) is 9.15. The summed E-state index contributed by atoms with van der Waals surface area (Å²) in [5, 5.41) is 4.25. The van der Waals surface area contributed by atoms with Crippen molar-refractivity contribution in [1.82, 2.24) is 5.16 Å². The van der Waals surface area contributed by atoms with Crippen LogP contribution in [0.4, 0.5) is 14.5 Å². The van der Waals surface area contributed by atoms with Crippen LogP contribution in [0, 0.1) is 18.6 Å². The largest absolute Gasteiger partial charge is 0.360 e. The van der Waals surface area contributed by atoms with E-state index in [1.54, 1.807) is 12.1 Å². The highest BCUT2D eigenvalue weighted by molar-refractivity contribution is 5.61. The molecule has 0 saturated carbocycles. The van der Waals surface area contributed by atoms with Crippen molar-refractivity contribution in [2.45, 2.75) is 13.5 Å². The minimum absolute atomic E-state index is 0.207. The molecule has 0 bridgehead atoms. The molecule has 1 fully saturated rings. The quantitative estimate of drug-likeness (QED) is 0.767. The van der Waals surface area contributed by atoms with Gasteiger partial charge in [-0.05, 0) is 55.5 Å². The number of benzene rings is 2. The molecule has 0 amide bonds. The molecular weight excluding hydrogens is 348 g/mol. The van der Waals surface area contributed by atoms with Gasteiger partial charge in [0.2, 0.25) is 0 Å². The van der Waals surface area contributed by atoms with Crippen molar-refractivity contribution in [2.24, 2.45) is 0 Å².